The summed E-state index contributed by atoms with van der Waals surface area (Å²) in [6.07, 6.45) is 1.68. The normalized spacial score (nSPS) is 11.1. The SMILES string of the molecule is Cc1ccc(C(=O)CN(C)Cc2ccoc2C)s1. The molecule has 0 N–H and O–H groups in total. The molecule has 0 saturated carbocycles. The number of carbonyl (C=O) groups excluding carboxylic acids is 1. The first-order valence-electron chi connectivity index (χ1n) is 5.87. The fourth-order valence-corrected chi connectivity index (χ4v) is 2.63. The molecule has 3 nitrogen and oxygen atoms in total. The molecule has 0 radical (unpaired) electrons. The first-order valence-corrected chi connectivity index (χ1v) is 6.69. The monoisotopic (exact) mass is 263 g/mol. The third kappa shape index (κ3) is 3.09. The summed E-state index contributed by atoms with van der Waals surface area (Å²) in [5.74, 6) is 1.10. The van der Waals surface area contributed by atoms with Gasteiger partial charge in [-0.2, -0.15) is 0 Å². The average molecular weight is 263 g/mol. The van der Waals surface area contributed by atoms with Gasteiger partial charge in [0.25, 0.3) is 0 Å². The van der Waals surface area contributed by atoms with Gasteiger partial charge in [-0.3, -0.25) is 9.69 Å². The van der Waals surface area contributed by atoms with Crippen LogP contribution in [0.5, 0.6) is 0 Å². The van der Waals surface area contributed by atoms with Crippen LogP contribution in [0.3, 0.4) is 0 Å². The van der Waals surface area contributed by atoms with Gasteiger partial charge in [-0.15, -0.1) is 11.3 Å². The van der Waals surface area contributed by atoms with E-state index in [4.69, 9.17) is 4.42 Å². The van der Waals surface area contributed by atoms with Crippen molar-refractivity contribution >= 4 is 17.1 Å². The number of furan rings is 1. The standard InChI is InChI=1S/C14H17NO2S/c1-10-4-5-14(18-10)13(16)9-15(3)8-12-6-7-17-11(12)2/h4-7H,8-9H2,1-3H3. The molecule has 2 rings (SSSR count). The maximum Gasteiger partial charge on any atom is 0.186 e. The van der Waals surface area contributed by atoms with E-state index in [9.17, 15) is 4.79 Å². The van der Waals surface area contributed by atoms with Crippen LogP contribution in [-0.4, -0.2) is 24.3 Å². The first kappa shape index (κ1) is 13.1. The Balaban J connectivity index is 1.93. The van der Waals surface area contributed by atoms with Gasteiger partial charge in [0.2, 0.25) is 0 Å². The number of likely N-dealkylation sites (N-methyl/N-ethyl adjacent to an activating group) is 1. The molecule has 0 aromatic carbocycles. The summed E-state index contributed by atoms with van der Waals surface area (Å²) in [4.78, 5) is 16.0. The summed E-state index contributed by atoms with van der Waals surface area (Å²) in [7, 11) is 1.95. The second-order valence-electron chi connectivity index (χ2n) is 4.51. The molecule has 0 spiro atoms. The largest absolute Gasteiger partial charge is 0.469 e. The Kier molecular flexibility index (Phi) is 3.99. The number of nitrogens with zero attached hydrogens (tertiary/aromatic N) is 1. The van der Waals surface area contributed by atoms with Crippen molar-refractivity contribution in [3.63, 3.8) is 0 Å². The van der Waals surface area contributed by atoms with Gasteiger partial charge < -0.3 is 4.42 Å². The van der Waals surface area contributed by atoms with Crippen LogP contribution in [0.2, 0.25) is 0 Å². The number of hydrogen-bond acceptors (Lipinski definition) is 4. The number of aryl methyl sites for hydroxylation is 2. The van der Waals surface area contributed by atoms with Gasteiger partial charge in [0.1, 0.15) is 5.76 Å². The van der Waals surface area contributed by atoms with Crippen LogP contribution in [0.15, 0.2) is 28.9 Å². The van der Waals surface area contributed by atoms with Crippen molar-refractivity contribution in [2.75, 3.05) is 13.6 Å². The number of ketones is 1. The molecular weight excluding hydrogens is 246 g/mol. The third-order valence-electron chi connectivity index (χ3n) is 2.84. The highest BCUT2D eigenvalue weighted by Crippen LogP contribution is 2.17. The number of Topliss-reactive ketones (excluding diaryl/α,β-unsaturated/α-hetero) is 1. The predicted octanol–water partition coefficient (Wildman–Crippen LogP) is 3.27. The van der Waals surface area contributed by atoms with E-state index in [1.165, 1.54) is 4.88 Å². The van der Waals surface area contributed by atoms with Gasteiger partial charge in [-0.25, -0.2) is 0 Å². The molecule has 96 valence electrons. The van der Waals surface area contributed by atoms with Crippen molar-refractivity contribution < 1.29 is 9.21 Å². The van der Waals surface area contributed by atoms with Crippen molar-refractivity contribution in [2.45, 2.75) is 20.4 Å². The van der Waals surface area contributed by atoms with E-state index in [0.29, 0.717) is 6.54 Å². The van der Waals surface area contributed by atoms with Crippen LogP contribution in [0, 0.1) is 13.8 Å². The Morgan fingerprint density at radius 2 is 2.11 bits per heavy atom. The van der Waals surface area contributed by atoms with Gasteiger partial charge in [-0.05, 0) is 39.1 Å². The lowest BCUT2D eigenvalue weighted by Crippen LogP contribution is -2.25. The molecular formula is C14H17NO2S. The van der Waals surface area contributed by atoms with Gasteiger partial charge >= 0.3 is 0 Å². The summed E-state index contributed by atoms with van der Waals surface area (Å²) >= 11 is 1.55. The van der Waals surface area contributed by atoms with Gasteiger partial charge in [0.05, 0.1) is 17.7 Å². The minimum atomic E-state index is 0.178. The van der Waals surface area contributed by atoms with E-state index in [1.807, 2.05) is 44.0 Å². The molecule has 0 aliphatic rings. The van der Waals surface area contributed by atoms with E-state index in [2.05, 4.69) is 0 Å². The molecule has 0 saturated heterocycles. The van der Waals surface area contributed by atoms with Gasteiger partial charge in [0.15, 0.2) is 5.78 Å². The van der Waals surface area contributed by atoms with E-state index < -0.39 is 0 Å². The zero-order valence-electron chi connectivity index (χ0n) is 10.9. The second-order valence-corrected chi connectivity index (χ2v) is 5.80. The summed E-state index contributed by atoms with van der Waals surface area (Å²) in [5.41, 5.74) is 1.13. The van der Waals surface area contributed by atoms with Crippen LogP contribution in [0.4, 0.5) is 0 Å². The minimum absolute atomic E-state index is 0.178. The number of carbonyl (C=O) groups is 1. The van der Waals surface area contributed by atoms with Gasteiger partial charge in [0, 0.05) is 17.0 Å². The molecule has 0 aliphatic heterocycles. The lowest BCUT2D eigenvalue weighted by molar-refractivity contribution is 0.0946. The zero-order valence-corrected chi connectivity index (χ0v) is 11.7. The van der Waals surface area contributed by atoms with Gasteiger partial charge in [-0.1, -0.05) is 0 Å². The molecule has 18 heavy (non-hydrogen) atoms. The molecule has 2 aromatic rings. The minimum Gasteiger partial charge on any atom is -0.469 e. The number of hydrogen-bond donors (Lipinski definition) is 0. The highest BCUT2D eigenvalue weighted by molar-refractivity contribution is 7.14. The molecule has 2 heterocycles. The molecule has 0 unspecified atom stereocenters. The predicted molar refractivity (Wildman–Crippen MR) is 73.2 cm³/mol. The Morgan fingerprint density at radius 1 is 1.33 bits per heavy atom. The molecule has 4 heteroatoms. The van der Waals surface area contributed by atoms with Crippen LogP contribution < -0.4 is 0 Å². The fourth-order valence-electron chi connectivity index (χ4n) is 1.83. The Labute approximate surface area is 111 Å². The maximum atomic E-state index is 12.0. The Hall–Kier alpha value is -1.39. The summed E-state index contributed by atoms with van der Waals surface area (Å²) in [6.45, 7) is 5.12. The lowest BCUT2D eigenvalue weighted by atomic mass is 10.2. The van der Waals surface area contributed by atoms with Crippen LogP contribution in [0.1, 0.15) is 25.9 Å². The van der Waals surface area contributed by atoms with Crippen molar-refractivity contribution in [3.05, 3.63) is 45.5 Å². The highest BCUT2D eigenvalue weighted by Gasteiger charge is 2.12. The van der Waals surface area contributed by atoms with Crippen LogP contribution in [0.25, 0.3) is 0 Å². The van der Waals surface area contributed by atoms with Crippen molar-refractivity contribution in [3.8, 4) is 0 Å². The fraction of sp³-hybridized carbons (Fsp3) is 0.357. The lowest BCUT2D eigenvalue weighted by Gasteiger charge is -2.14. The Bertz CT molecular complexity index is 541. The van der Waals surface area contributed by atoms with Crippen molar-refractivity contribution in [1.29, 1.82) is 0 Å². The molecule has 0 bridgehead atoms. The van der Waals surface area contributed by atoms with E-state index in [1.54, 1.807) is 17.6 Å². The maximum absolute atomic E-state index is 12.0. The summed E-state index contributed by atoms with van der Waals surface area (Å²) < 4.78 is 5.25. The van der Waals surface area contributed by atoms with Crippen LogP contribution in [-0.2, 0) is 6.54 Å². The topological polar surface area (TPSA) is 33.5 Å². The zero-order chi connectivity index (χ0) is 13.1. The quantitative estimate of drug-likeness (QED) is 0.776. The summed E-state index contributed by atoms with van der Waals surface area (Å²) in [6, 6.07) is 5.84. The average Bonchev–Trinajstić information content (AvgIpc) is 2.89. The van der Waals surface area contributed by atoms with Crippen molar-refractivity contribution in [1.82, 2.24) is 4.90 Å². The molecule has 0 amide bonds. The molecule has 0 fully saturated rings. The van der Waals surface area contributed by atoms with Crippen molar-refractivity contribution in [2.24, 2.45) is 0 Å². The van der Waals surface area contributed by atoms with Crippen LogP contribution >= 0.6 is 11.3 Å². The summed E-state index contributed by atoms with van der Waals surface area (Å²) in [5, 5.41) is 0. The number of thiophene rings is 1. The molecule has 2 aromatic heterocycles. The van der Waals surface area contributed by atoms with E-state index in [0.717, 1.165) is 22.7 Å². The van der Waals surface area contributed by atoms with E-state index in [-0.39, 0.29) is 5.78 Å². The van der Waals surface area contributed by atoms with E-state index >= 15 is 0 Å². The Morgan fingerprint density at radius 3 is 2.67 bits per heavy atom. The smallest absolute Gasteiger partial charge is 0.186 e. The third-order valence-corrected chi connectivity index (χ3v) is 3.88. The highest BCUT2D eigenvalue weighted by atomic mass is 32.1. The second kappa shape index (κ2) is 5.50. The number of rotatable bonds is 5. The molecule has 0 aliphatic carbocycles. The molecule has 0 atom stereocenters. The first-order chi connectivity index (χ1) is 8.56.